The van der Waals surface area contributed by atoms with Gasteiger partial charge in [-0.25, -0.2) is 4.79 Å². The molecule has 6 heteroatoms. The predicted molar refractivity (Wildman–Crippen MR) is 71.2 cm³/mol. The number of piperazine rings is 1. The van der Waals surface area contributed by atoms with Crippen LogP contribution in [0.1, 0.15) is 39.0 Å². The molecule has 1 saturated carbocycles. The van der Waals surface area contributed by atoms with Gasteiger partial charge in [0, 0.05) is 12.1 Å². The van der Waals surface area contributed by atoms with E-state index in [1.165, 1.54) is 0 Å². The lowest BCUT2D eigenvalue weighted by molar-refractivity contribution is -0.138. The Kier molecular flexibility index (Phi) is 4.61. The third-order valence-electron chi connectivity index (χ3n) is 3.73. The second-order valence-corrected chi connectivity index (χ2v) is 5.05. The average Bonchev–Trinajstić information content (AvgIpc) is 2.65. The SMILES string of the molecule is CCOC(=O)/C(C#N)=C1/N[C@H]2CCCCC[C@@H]2NC1=O. The minimum atomic E-state index is -0.750. The van der Waals surface area contributed by atoms with Crippen molar-refractivity contribution in [1.29, 1.82) is 5.26 Å². The number of esters is 1. The van der Waals surface area contributed by atoms with E-state index in [1.54, 1.807) is 13.0 Å². The summed E-state index contributed by atoms with van der Waals surface area (Å²) in [7, 11) is 0. The molecule has 0 spiro atoms. The quantitative estimate of drug-likeness (QED) is 0.441. The summed E-state index contributed by atoms with van der Waals surface area (Å²) < 4.78 is 4.82. The summed E-state index contributed by atoms with van der Waals surface area (Å²) in [5.74, 6) is -1.14. The molecular weight excluding hydrogens is 258 g/mol. The Morgan fingerprint density at radius 3 is 2.55 bits per heavy atom. The zero-order valence-electron chi connectivity index (χ0n) is 11.6. The first-order valence-electron chi connectivity index (χ1n) is 7.06. The number of carbonyl (C=O) groups excluding carboxylic acids is 2. The van der Waals surface area contributed by atoms with Crippen LogP contribution in [0, 0.1) is 11.3 Å². The molecule has 20 heavy (non-hydrogen) atoms. The van der Waals surface area contributed by atoms with Crippen LogP contribution in [0.25, 0.3) is 0 Å². The van der Waals surface area contributed by atoms with E-state index in [2.05, 4.69) is 10.6 Å². The van der Waals surface area contributed by atoms with E-state index >= 15 is 0 Å². The van der Waals surface area contributed by atoms with Gasteiger partial charge in [0.2, 0.25) is 0 Å². The number of rotatable bonds is 2. The summed E-state index contributed by atoms with van der Waals surface area (Å²) >= 11 is 0. The monoisotopic (exact) mass is 277 g/mol. The molecule has 1 heterocycles. The highest BCUT2D eigenvalue weighted by Crippen LogP contribution is 2.23. The van der Waals surface area contributed by atoms with Crippen molar-refractivity contribution < 1.29 is 14.3 Å². The van der Waals surface area contributed by atoms with Crippen molar-refractivity contribution in [2.24, 2.45) is 0 Å². The molecule has 1 amide bonds. The summed E-state index contributed by atoms with van der Waals surface area (Å²) in [5, 5.41) is 15.1. The normalized spacial score (nSPS) is 28.1. The maximum Gasteiger partial charge on any atom is 0.351 e. The molecular formula is C14H19N3O3. The van der Waals surface area contributed by atoms with Crippen LogP contribution >= 0.6 is 0 Å². The molecule has 2 atom stereocenters. The number of hydrogen-bond donors (Lipinski definition) is 2. The number of ether oxygens (including phenoxy) is 1. The lowest BCUT2D eigenvalue weighted by Crippen LogP contribution is -2.57. The third-order valence-corrected chi connectivity index (χ3v) is 3.73. The molecule has 2 N–H and O–H groups in total. The number of carbonyl (C=O) groups is 2. The van der Waals surface area contributed by atoms with Crippen LogP contribution in [0.5, 0.6) is 0 Å². The minimum Gasteiger partial charge on any atom is -0.462 e. The molecule has 0 aromatic heterocycles. The van der Waals surface area contributed by atoms with Crippen molar-refractivity contribution in [2.45, 2.75) is 51.1 Å². The molecule has 0 bridgehead atoms. The number of nitrogens with one attached hydrogen (secondary N) is 2. The smallest absolute Gasteiger partial charge is 0.351 e. The van der Waals surface area contributed by atoms with Gasteiger partial charge in [0.1, 0.15) is 11.8 Å². The summed E-state index contributed by atoms with van der Waals surface area (Å²) in [5.41, 5.74) is -0.193. The number of nitriles is 1. The van der Waals surface area contributed by atoms with E-state index in [0.29, 0.717) is 0 Å². The molecule has 1 saturated heterocycles. The molecule has 2 rings (SSSR count). The number of nitrogens with zero attached hydrogens (tertiary/aromatic N) is 1. The van der Waals surface area contributed by atoms with Gasteiger partial charge in [0.15, 0.2) is 5.57 Å². The molecule has 1 aliphatic heterocycles. The molecule has 0 unspecified atom stereocenters. The van der Waals surface area contributed by atoms with E-state index in [0.717, 1.165) is 32.1 Å². The fourth-order valence-corrected chi connectivity index (χ4v) is 2.74. The number of fused-ring (bicyclic) bond motifs is 1. The van der Waals surface area contributed by atoms with Crippen LogP contribution in [-0.2, 0) is 14.3 Å². The van der Waals surface area contributed by atoms with Gasteiger partial charge < -0.3 is 15.4 Å². The van der Waals surface area contributed by atoms with Gasteiger partial charge in [0.05, 0.1) is 6.61 Å². The van der Waals surface area contributed by atoms with Gasteiger partial charge >= 0.3 is 5.97 Å². The first-order chi connectivity index (χ1) is 9.67. The first kappa shape index (κ1) is 14.4. The Bertz CT molecular complexity index is 479. The van der Waals surface area contributed by atoms with Gasteiger partial charge in [-0.3, -0.25) is 4.79 Å². The molecule has 0 radical (unpaired) electrons. The van der Waals surface area contributed by atoms with Crippen LogP contribution in [-0.4, -0.2) is 30.6 Å². The summed E-state index contributed by atoms with van der Waals surface area (Å²) in [6.45, 7) is 1.83. The van der Waals surface area contributed by atoms with Crippen molar-refractivity contribution in [1.82, 2.24) is 10.6 Å². The topological polar surface area (TPSA) is 91.2 Å². The molecule has 108 valence electrons. The van der Waals surface area contributed by atoms with Crippen molar-refractivity contribution in [3.05, 3.63) is 11.3 Å². The molecule has 6 nitrogen and oxygen atoms in total. The van der Waals surface area contributed by atoms with Crippen LogP contribution in [0.3, 0.4) is 0 Å². The van der Waals surface area contributed by atoms with Crippen molar-refractivity contribution in [3.8, 4) is 6.07 Å². The van der Waals surface area contributed by atoms with E-state index in [9.17, 15) is 9.59 Å². The number of amides is 1. The van der Waals surface area contributed by atoms with Gasteiger partial charge in [-0.15, -0.1) is 0 Å². The predicted octanol–water partition coefficient (Wildman–Crippen LogP) is 0.748. The summed E-state index contributed by atoms with van der Waals surface area (Å²) in [6, 6.07) is 1.95. The average molecular weight is 277 g/mol. The molecule has 0 aromatic rings. The Morgan fingerprint density at radius 1 is 1.30 bits per heavy atom. The fourth-order valence-electron chi connectivity index (χ4n) is 2.74. The van der Waals surface area contributed by atoms with Crippen molar-refractivity contribution in [3.63, 3.8) is 0 Å². The van der Waals surface area contributed by atoms with E-state index in [4.69, 9.17) is 10.00 Å². The van der Waals surface area contributed by atoms with E-state index < -0.39 is 11.9 Å². The second-order valence-electron chi connectivity index (χ2n) is 5.05. The molecule has 1 aliphatic carbocycles. The van der Waals surface area contributed by atoms with Crippen LogP contribution in [0.4, 0.5) is 0 Å². The Labute approximate surface area is 118 Å². The standard InChI is InChI=1S/C14H19N3O3/c1-2-20-14(19)9(8-15)12-13(18)17-11-7-5-3-4-6-10(11)16-12/h10-11,16H,2-7H2,1H3,(H,17,18)/b12-9+/t10-,11-/m0/s1. The van der Waals surface area contributed by atoms with Gasteiger partial charge in [-0.05, 0) is 19.8 Å². The van der Waals surface area contributed by atoms with Crippen molar-refractivity contribution in [2.75, 3.05) is 6.61 Å². The highest BCUT2D eigenvalue weighted by Gasteiger charge is 2.35. The van der Waals surface area contributed by atoms with E-state index in [1.807, 2.05) is 0 Å². The minimum absolute atomic E-state index is 0.0501. The highest BCUT2D eigenvalue weighted by molar-refractivity contribution is 6.05. The zero-order valence-corrected chi connectivity index (χ0v) is 11.6. The molecule has 0 aromatic carbocycles. The summed E-state index contributed by atoms with van der Waals surface area (Å²) in [4.78, 5) is 23.8. The molecule has 2 aliphatic rings. The maximum atomic E-state index is 12.1. The fraction of sp³-hybridized carbons (Fsp3) is 0.643. The van der Waals surface area contributed by atoms with Gasteiger partial charge in [-0.1, -0.05) is 19.3 Å². The Balaban J connectivity index is 2.25. The third kappa shape index (κ3) is 2.93. The van der Waals surface area contributed by atoms with Crippen LogP contribution in [0.15, 0.2) is 11.3 Å². The van der Waals surface area contributed by atoms with Gasteiger partial charge in [-0.2, -0.15) is 5.26 Å². The first-order valence-corrected chi connectivity index (χ1v) is 7.06. The van der Waals surface area contributed by atoms with E-state index in [-0.39, 0.29) is 30.0 Å². The lowest BCUT2D eigenvalue weighted by atomic mass is 9.98. The Morgan fingerprint density at radius 2 is 1.95 bits per heavy atom. The zero-order chi connectivity index (χ0) is 14.5. The maximum absolute atomic E-state index is 12.1. The lowest BCUT2D eigenvalue weighted by Gasteiger charge is -2.34. The largest absolute Gasteiger partial charge is 0.462 e. The summed E-state index contributed by atoms with van der Waals surface area (Å²) in [6.07, 6.45) is 5.17. The van der Waals surface area contributed by atoms with Crippen molar-refractivity contribution >= 4 is 11.9 Å². The molecule has 2 fully saturated rings. The number of hydrogen-bond acceptors (Lipinski definition) is 5. The Hall–Kier alpha value is -2.03. The van der Waals surface area contributed by atoms with Crippen LogP contribution in [0.2, 0.25) is 0 Å². The highest BCUT2D eigenvalue weighted by atomic mass is 16.5. The van der Waals surface area contributed by atoms with Gasteiger partial charge in [0.25, 0.3) is 5.91 Å². The second kappa shape index (κ2) is 6.42. The van der Waals surface area contributed by atoms with Crippen LogP contribution < -0.4 is 10.6 Å².